The Kier molecular flexibility index (Phi) is 5.67. The molecule has 0 saturated heterocycles. The number of para-hydroxylation sites is 1. The van der Waals surface area contributed by atoms with Gasteiger partial charge in [-0.3, -0.25) is 0 Å². The van der Waals surface area contributed by atoms with Crippen LogP contribution in [0.15, 0.2) is 24.3 Å². The summed E-state index contributed by atoms with van der Waals surface area (Å²) in [5, 5.41) is 3.51. The van der Waals surface area contributed by atoms with Crippen molar-refractivity contribution in [1.82, 2.24) is 10.2 Å². The van der Waals surface area contributed by atoms with Gasteiger partial charge in [0.05, 0.1) is 0 Å². The third-order valence-corrected chi connectivity index (χ3v) is 3.81. The minimum absolute atomic E-state index is 0.311. The maximum atomic E-state index is 5.90. The van der Waals surface area contributed by atoms with Crippen molar-refractivity contribution >= 4 is 0 Å². The number of nitrogens with zero attached hydrogens (tertiary/aromatic N) is 1. The molecule has 0 bridgehead atoms. The van der Waals surface area contributed by atoms with Gasteiger partial charge in [0.15, 0.2) is 0 Å². The lowest BCUT2D eigenvalue weighted by atomic mass is 10.1. The summed E-state index contributed by atoms with van der Waals surface area (Å²) in [4.78, 5) is 2.46. The fourth-order valence-electron chi connectivity index (χ4n) is 2.60. The lowest BCUT2D eigenvalue weighted by Crippen LogP contribution is -2.32. The van der Waals surface area contributed by atoms with Crippen molar-refractivity contribution in [1.29, 1.82) is 0 Å². The molecule has 0 amide bonds. The Balaban J connectivity index is 1.58. The van der Waals surface area contributed by atoms with E-state index in [2.05, 4.69) is 42.3 Å². The Morgan fingerprint density at radius 2 is 2.05 bits per heavy atom. The average molecular weight is 262 g/mol. The molecular formula is C16H26N2O. The second kappa shape index (κ2) is 7.51. The van der Waals surface area contributed by atoms with Crippen LogP contribution in [0.25, 0.3) is 0 Å². The molecule has 0 spiro atoms. The number of ether oxygens (including phenoxy) is 1. The minimum atomic E-state index is 0.311. The van der Waals surface area contributed by atoms with E-state index in [1.165, 1.54) is 18.5 Å². The predicted octanol–water partition coefficient (Wildman–Crippen LogP) is 2.31. The Morgan fingerprint density at radius 1 is 1.26 bits per heavy atom. The normalized spacial score (nSPS) is 17.5. The van der Waals surface area contributed by atoms with Crippen LogP contribution in [0.1, 0.15) is 25.8 Å². The highest BCUT2D eigenvalue weighted by molar-refractivity contribution is 5.37. The maximum absolute atomic E-state index is 5.90. The molecule has 0 aliphatic carbocycles. The zero-order chi connectivity index (χ0) is 13.5. The molecule has 0 saturated carbocycles. The summed E-state index contributed by atoms with van der Waals surface area (Å²) in [6.45, 7) is 9.96. The van der Waals surface area contributed by atoms with E-state index in [-0.39, 0.29) is 0 Å². The van der Waals surface area contributed by atoms with Crippen LogP contribution in [-0.2, 0) is 6.42 Å². The molecule has 3 nitrogen and oxygen atoms in total. The first-order chi connectivity index (χ1) is 9.33. The van der Waals surface area contributed by atoms with Crippen LogP contribution in [0, 0.1) is 0 Å². The van der Waals surface area contributed by atoms with Crippen molar-refractivity contribution in [3.05, 3.63) is 29.8 Å². The van der Waals surface area contributed by atoms with Gasteiger partial charge in [-0.25, -0.2) is 0 Å². The van der Waals surface area contributed by atoms with Crippen LogP contribution in [-0.4, -0.2) is 43.7 Å². The van der Waals surface area contributed by atoms with Gasteiger partial charge < -0.3 is 15.0 Å². The molecule has 19 heavy (non-hydrogen) atoms. The summed E-state index contributed by atoms with van der Waals surface area (Å²) >= 11 is 0. The first kappa shape index (κ1) is 14.4. The Morgan fingerprint density at radius 3 is 2.79 bits per heavy atom. The SMILES string of the molecule is CCN(CC)CCCNCC1Cc2ccccc2O1. The second-order valence-electron chi connectivity index (χ2n) is 5.14. The predicted molar refractivity (Wildman–Crippen MR) is 79.8 cm³/mol. The van der Waals surface area contributed by atoms with Crippen LogP contribution in [0.3, 0.4) is 0 Å². The number of nitrogens with one attached hydrogen (secondary N) is 1. The molecule has 0 aromatic heterocycles. The molecule has 1 aromatic carbocycles. The van der Waals surface area contributed by atoms with E-state index in [9.17, 15) is 0 Å². The van der Waals surface area contributed by atoms with E-state index in [1.54, 1.807) is 0 Å². The van der Waals surface area contributed by atoms with Gasteiger partial charge in [-0.1, -0.05) is 32.0 Å². The van der Waals surface area contributed by atoms with E-state index in [1.807, 2.05) is 6.07 Å². The van der Waals surface area contributed by atoms with Crippen molar-refractivity contribution in [3.63, 3.8) is 0 Å². The van der Waals surface area contributed by atoms with Crippen LogP contribution >= 0.6 is 0 Å². The van der Waals surface area contributed by atoms with Gasteiger partial charge in [0, 0.05) is 13.0 Å². The van der Waals surface area contributed by atoms with Gasteiger partial charge >= 0.3 is 0 Å². The van der Waals surface area contributed by atoms with E-state index in [0.29, 0.717) is 6.10 Å². The standard InChI is InChI=1S/C16H26N2O/c1-3-18(4-2)11-7-10-17-13-15-12-14-8-5-6-9-16(14)19-15/h5-6,8-9,15,17H,3-4,7,10-13H2,1-2H3. The average Bonchev–Trinajstić information content (AvgIpc) is 2.85. The molecule has 1 aromatic rings. The van der Waals surface area contributed by atoms with Crippen LogP contribution < -0.4 is 10.1 Å². The number of benzene rings is 1. The van der Waals surface area contributed by atoms with Gasteiger partial charge in [0.25, 0.3) is 0 Å². The molecule has 1 aliphatic rings. The molecule has 1 unspecified atom stereocenters. The smallest absolute Gasteiger partial charge is 0.123 e. The number of hydrogen-bond donors (Lipinski definition) is 1. The first-order valence-electron chi connectivity index (χ1n) is 7.51. The highest BCUT2D eigenvalue weighted by atomic mass is 16.5. The number of fused-ring (bicyclic) bond motifs is 1. The topological polar surface area (TPSA) is 24.5 Å². The summed E-state index contributed by atoms with van der Waals surface area (Å²) in [5.74, 6) is 1.07. The van der Waals surface area contributed by atoms with E-state index in [0.717, 1.165) is 38.3 Å². The summed E-state index contributed by atoms with van der Waals surface area (Å²) < 4.78 is 5.90. The molecule has 0 fully saturated rings. The van der Waals surface area contributed by atoms with Crippen molar-refractivity contribution in [2.24, 2.45) is 0 Å². The second-order valence-corrected chi connectivity index (χ2v) is 5.14. The Bertz CT molecular complexity index is 352. The number of rotatable bonds is 8. The van der Waals surface area contributed by atoms with E-state index < -0.39 is 0 Å². The third kappa shape index (κ3) is 4.22. The van der Waals surface area contributed by atoms with Crippen molar-refractivity contribution < 1.29 is 4.74 Å². The van der Waals surface area contributed by atoms with E-state index in [4.69, 9.17) is 4.74 Å². The molecule has 1 heterocycles. The fourth-order valence-corrected chi connectivity index (χ4v) is 2.60. The minimum Gasteiger partial charge on any atom is -0.488 e. The molecule has 2 rings (SSSR count). The zero-order valence-electron chi connectivity index (χ0n) is 12.2. The van der Waals surface area contributed by atoms with Crippen molar-refractivity contribution in [2.45, 2.75) is 32.8 Å². The zero-order valence-corrected chi connectivity index (χ0v) is 12.2. The largest absolute Gasteiger partial charge is 0.488 e. The maximum Gasteiger partial charge on any atom is 0.123 e. The van der Waals surface area contributed by atoms with Crippen LogP contribution in [0.4, 0.5) is 0 Å². The lowest BCUT2D eigenvalue weighted by molar-refractivity contribution is 0.225. The Labute approximate surface area is 116 Å². The summed E-state index contributed by atoms with van der Waals surface area (Å²) in [6.07, 6.45) is 2.56. The molecule has 3 heteroatoms. The van der Waals surface area contributed by atoms with Gasteiger partial charge in [-0.15, -0.1) is 0 Å². The van der Waals surface area contributed by atoms with Crippen molar-refractivity contribution in [2.75, 3.05) is 32.7 Å². The quantitative estimate of drug-likeness (QED) is 0.728. The van der Waals surface area contributed by atoms with Crippen molar-refractivity contribution in [3.8, 4) is 5.75 Å². The van der Waals surface area contributed by atoms with Gasteiger partial charge in [0.2, 0.25) is 0 Å². The fraction of sp³-hybridized carbons (Fsp3) is 0.625. The first-order valence-corrected chi connectivity index (χ1v) is 7.51. The molecule has 1 atom stereocenters. The van der Waals surface area contributed by atoms with Crippen LogP contribution in [0.2, 0.25) is 0 Å². The lowest BCUT2D eigenvalue weighted by Gasteiger charge is -2.18. The molecule has 1 aliphatic heterocycles. The number of hydrogen-bond acceptors (Lipinski definition) is 3. The summed E-state index contributed by atoms with van der Waals surface area (Å²) in [5.41, 5.74) is 1.34. The molecule has 106 valence electrons. The third-order valence-electron chi connectivity index (χ3n) is 3.81. The summed E-state index contributed by atoms with van der Waals surface area (Å²) in [7, 11) is 0. The monoisotopic (exact) mass is 262 g/mol. The summed E-state index contributed by atoms with van der Waals surface area (Å²) in [6, 6.07) is 8.35. The van der Waals surface area contributed by atoms with Gasteiger partial charge in [-0.2, -0.15) is 0 Å². The molecular weight excluding hydrogens is 236 g/mol. The highest BCUT2D eigenvalue weighted by Gasteiger charge is 2.21. The Hall–Kier alpha value is -1.06. The van der Waals surface area contributed by atoms with E-state index >= 15 is 0 Å². The van der Waals surface area contributed by atoms with Crippen LogP contribution in [0.5, 0.6) is 5.75 Å². The molecule has 1 N–H and O–H groups in total. The highest BCUT2D eigenvalue weighted by Crippen LogP contribution is 2.27. The van der Waals surface area contributed by atoms with Gasteiger partial charge in [0.1, 0.15) is 11.9 Å². The van der Waals surface area contributed by atoms with Gasteiger partial charge in [-0.05, 0) is 44.2 Å². The molecule has 0 radical (unpaired) electrons.